The van der Waals surface area contributed by atoms with Gasteiger partial charge < -0.3 is 20.1 Å². The summed E-state index contributed by atoms with van der Waals surface area (Å²) in [5.74, 6) is 0.728. The number of carbonyl (C=O) groups is 2. The SMILES string of the molecule is COc1cc(NC(=O)CCNC(=O)c2ccc(Br)cc2)cc(OC)c1. The predicted molar refractivity (Wildman–Crippen MR) is 99.3 cm³/mol. The molecule has 7 heteroatoms. The Morgan fingerprint density at radius 1 is 1.00 bits per heavy atom. The van der Waals surface area contributed by atoms with Gasteiger partial charge in [-0.15, -0.1) is 0 Å². The summed E-state index contributed by atoms with van der Waals surface area (Å²) in [6.07, 6.45) is 0.155. The third-order valence-electron chi connectivity index (χ3n) is 3.38. The number of halogens is 1. The first kappa shape index (κ1) is 18.8. The van der Waals surface area contributed by atoms with E-state index < -0.39 is 0 Å². The van der Waals surface area contributed by atoms with Crippen molar-refractivity contribution in [3.05, 3.63) is 52.5 Å². The zero-order chi connectivity index (χ0) is 18.2. The van der Waals surface area contributed by atoms with Crippen molar-refractivity contribution in [3.8, 4) is 11.5 Å². The first-order valence-electron chi connectivity index (χ1n) is 7.58. The number of anilines is 1. The van der Waals surface area contributed by atoms with Gasteiger partial charge in [-0.3, -0.25) is 9.59 Å². The molecule has 0 aromatic heterocycles. The molecule has 0 saturated carbocycles. The second-order valence-electron chi connectivity index (χ2n) is 5.16. The maximum Gasteiger partial charge on any atom is 0.251 e. The number of methoxy groups -OCH3 is 2. The van der Waals surface area contributed by atoms with Crippen molar-refractivity contribution < 1.29 is 19.1 Å². The van der Waals surface area contributed by atoms with Gasteiger partial charge in [0.05, 0.1) is 14.2 Å². The standard InChI is InChI=1S/C18H19BrN2O4/c1-24-15-9-14(10-16(11-15)25-2)21-17(22)7-8-20-18(23)12-3-5-13(19)6-4-12/h3-6,9-11H,7-8H2,1-2H3,(H,20,23)(H,21,22). The van der Waals surface area contributed by atoms with E-state index >= 15 is 0 Å². The molecule has 0 unspecified atom stereocenters. The van der Waals surface area contributed by atoms with Crippen molar-refractivity contribution in [1.82, 2.24) is 5.32 Å². The van der Waals surface area contributed by atoms with Crippen LogP contribution in [0.4, 0.5) is 5.69 Å². The number of benzene rings is 2. The monoisotopic (exact) mass is 406 g/mol. The van der Waals surface area contributed by atoms with Crippen LogP contribution in [0.5, 0.6) is 11.5 Å². The number of amides is 2. The highest BCUT2D eigenvalue weighted by Crippen LogP contribution is 2.25. The molecule has 0 bridgehead atoms. The van der Waals surface area contributed by atoms with Gasteiger partial charge in [0, 0.05) is 46.9 Å². The van der Waals surface area contributed by atoms with Crippen LogP contribution >= 0.6 is 15.9 Å². The molecule has 0 heterocycles. The number of hydrogen-bond acceptors (Lipinski definition) is 4. The summed E-state index contributed by atoms with van der Waals surface area (Å²) in [7, 11) is 3.08. The number of nitrogens with one attached hydrogen (secondary N) is 2. The van der Waals surface area contributed by atoms with E-state index in [4.69, 9.17) is 9.47 Å². The molecule has 25 heavy (non-hydrogen) atoms. The highest BCUT2D eigenvalue weighted by molar-refractivity contribution is 9.10. The first-order chi connectivity index (χ1) is 12.0. The van der Waals surface area contributed by atoms with Crippen LogP contribution in [0.15, 0.2) is 46.9 Å². The largest absolute Gasteiger partial charge is 0.497 e. The Labute approximate surface area is 154 Å². The van der Waals surface area contributed by atoms with E-state index in [9.17, 15) is 9.59 Å². The Hall–Kier alpha value is -2.54. The molecule has 6 nitrogen and oxygen atoms in total. The molecule has 2 aromatic rings. The van der Waals surface area contributed by atoms with Crippen molar-refractivity contribution in [2.24, 2.45) is 0 Å². The molecule has 2 aromatic carbocycles. The molecule has 2 amide bonds. The van der Waals surface area contributed by atoms with Gasteiger partial charge in [0.2, 0.25) is 5.91 Å². The lowest BCUT2D eigenvalue weighted by Crippen LogP contribution is -2.27. The van der Waals surface area contributed by atoms with Crippen LogP contribution in [-0.4, -0.2) is 32.6 Å². The van der Waals surface area contributed by atoms with Gasteiger partial charge in [-0.25, -0.2) is 0 Å². The molecule has 0 saturated heterocycles. The zero-order valence-electron chi connectivity index (χ0n) is 14.0. The van der Waals surface area contributed by atoms with Gasteiger partial charge >= 0.3 is 0 Å². The predicted octanol–water partition coefficient (Wildman–Crippen LogP) is 3.22. The van der Waals surface area contributed by atoms with Crippen LogP contribution in [-0.2, 0) is 4.79 Å². The minimum atomic E-state index is -0.219. The summed E-state index contributed by atoms with van der Waals surface area (Å²) < 4.78 is 11.2. The molecule has 2 rings (SSSR count). The molecule has 0 aliphatic heterocycles. The van der Waals surface area contributed by atoms with E-state index in [0.29, 0.717) is 22.7 Å². The van der Waals surface area contributed by atoms with Gasteiger partial charge in [0.15, 0.2) is 0 Å². The van der Waals surface area contributed by atoms with Crippen LogP contribution < -0.4 is 20.1 Å². The van der Waals surface area contributed by atoms with E-state index in [1.807, 2.05) is 0 Å². The van der Waals surface area contributed by atoms with Crippen LogP contribution in [0, 0.1) is 0 Å². The molecule has 0 atom stereocenters. The molecule has 0 aliphatic rings. The number of hydrogen-bond donors (Lipinski definition) is 2. The van der Waals surface area contributed by atoms with Crippen molar-refractivity contribution in [2.45, 2.75) is 6.42 Å². The Bertz CT molecular complexity index is 725. The maximum atomic E-state index is 12.0. The van der Waals surface area contributed by atoms with Crippen LogP contribution in [0.2, 0.25) is 0 Å². The van der Waals surface area contributed by atoms with Gasteiger partial charge in [-0.05, 0) is 24.3 Å². The van der Waals surface area contributed by atoms with Gasteiger partial charge in [-0.1, -0.05) is 15.9 Å². The summed E-state index contributed by atoms with van der Waals surface area (Å²) in [5, 5.41) is 5.47. The molecule has 132 valence electrons. The smallest absolute Gasteiger partial charge is 0.251 e. The number of carbonyl (C=O) groups excluding carboxylic acids is 2. The van der Waals surface area contributed by atoms with Crippen molar-refractivity contribution >= 4 is 33.4 Å². The summed E-state index contributed by atoms with van der Waals surface area (Å²) in [5.41, 5.74) is 1.11. The van der Waals surface area contributed by atoms with Crippen LogP contribution in [0.3, 0.4) is 0 Å². The van der Waals surface area contributed by atoms with Gasteiger partial charge in [0.1, 0.15) is 11.5 Å². The average Bonchev–Trinajstić information content (AvgIpc) is 2.61. The quantitative estimate of drug-likeness (QED) is 0.739. The molecule has 0 aliphatic carbocycles. The highest BCUT2D eigenvalue weighted by atomic mass is 79.9. The van der Waals surface area contributed by atoms with E-state index in [0.717, 1.165) is 4.47 Å². The second kappa shape index (κ2) is 9.08. The molecule has 0 radical (unpaired) electrons. The van der Waals surface area contributed by atoms with Crippen LogP contribution in [0.25, 0.3) is 0 Å². The fourth-order valence-electron chi connectivity index (χ4n) is 2.10. The normalized spacial score (nSPS) is 10.0. The average molecular weight is 407 g/mol. The molecular formula is C18H19BrN2O4. The Kier molecular flexibility index (Phi) is 6.82. The zero-order valence-corrected chi connectivity index (χ0v) is 15.6. The number of ether oxygens (including phenoxy) is 2. The molecular weight excluding hydrogens is 388 g/mol. The summed E-state index contributed by atoms with van der Waals surface area (Å²) in [4.78, 5) is 24.0. The highest BCUT2D eigenvalue weighted by Gasteiger charge is 2.08. The molecule has 0 spiro atoms. The lowest BCUT2D eigenvalue weighted by molar-refractivity contribution is -0.116. The van der Waals surface area contributed by atoms with E-state index in [1.54, 1.807) is 42.5 Å². The van der Waals surface area contributed by atoms with Gasteiger partial charge in [0.25, 0.3) is 5.91 Å². The fraction of sp³-hybridized carbons (Fsp3) is 0.222. The third-order valence-corrected chi connectivity index (χ3v) is 3.91. The third kappa shape index (κ3) is 5.79. The Balaban J connectivity index is 1.84. The Morgan fingerprint density at radius 3 is 2.16 bits per heavy atom. The van der Waals surface area contributed by atoms with E-state index in [2.05, 4.69) is 26.6 Å². The second-order valence-corrected chi connectivity index (χ2v) is 6.08. The summed E-state index contributed by atoms with van der Waals surface area (Å²) in [6, 6.07) is 12.1. The van der Waals surface area contributed by atoms with E-state index in [1.165, 1.54) is 14.2 Å². The maximum absolute atomic E-state index is 12.0. The fourth-order valence-corrected chi connectivity index (χ4v) is 2.36. The van der Waals surface area contributed by atoms with Gasteiger partial charge in [-0.2, -0.15) is 0 Å². The summed E-state index contributed by atoms with van der Waals surface area (Å²) >= 11 is 3.32. The minimum absolute atomic E-state index is 0.155. The van der Waals surface area contributed by atoms with Crippen molar-refractivity contribution in [2.75, 3.05) is 26.1 Å². The lowest BCUT2D eigenvalue weighted by Gasteiger charge is -2.10. The van der Waals surface area contributed by atoms with Crippen LogP contribution in [0.1, 0.15) is 16.8 Å². The minimum Gasteiger partial charge on any atom is -0.497 e. The molecule has 2 N–H and O–H groups in total. The topological polar surface area (TPSA) is 76.7 Å². The lowest BCUT2D eigenvalue weighted by atomic mass is 10.2. The van der Waals surface area contributed by atoms with Crippen molar-refractivity contribution in [1.29, 1.82) is 0 Å². The first-order valence-corrected chi connectivity index (χ1v) is 8.38. The Morgan fingerprint density at radius 2 is 1.60 bits per heavy atom. The number of rotatable bonds is 7. The van der Waals surface area contributed by atoms with Crippen molar-refractivity contribution in [3.63, 3.8) is 0 Å². The van der Waals surface area contributed by atoms with E-state index in [-0.39, 0.29) is 24.8 Å². The molecule has 0 fully saturated rings. The summed E-state index contributed by atoms with van der Waals surface area (Å²) in [6.45, 7) is 0.238.